The van der Waals surface area contributed by atoms with Gasteiger partial charge in [0.25, 0.3) is 0 Å². The Morgan fingerprint density at radius 2 is 0.788 bits per heavy atom. The van der Waals surface area contributed by atoms with Crippen LogP contribution in [0.15, 0.2) is 36.4 Å². The standard InChI is InChI=1S/2C12H21N3O2S.3H2O4S.H2O/c2*1-5-15(10(3)14-18(4,16)17)11-6-7-12(13)9(2)8-11;3*1-5(2,3)4;/h2*6-8,10,14H,5,13H2,1-4H3;3*(H2,1,2,3,4);1H2. The van der Waals surface area contributed by atoms with E-state index < -0.39 is 51.2 Å². The number of sulfonamides is 2. The maximum Gasteiger partial charge on any atom is 0.394 e. The van der Waals surface area contributed by atoms with Crippen LogP contribution in [0.2, 0.25) is 0 Å². The molecule has 308 valence electrons. The Morgan fingerprint density at radius 3 is 0.942 bits per heavy atom. The molecule has 2 rings (SSSR count). The van der Waals surface area contributed by atoms with Gasteiger partial charge in [-0.1, -0.05) is 0 Å². The highest BCUT2D eigenvalue weighted by Crippen LogP contribution is 2.23. The Kier molecular flexibility index (Phi) is 25.4. The molecule has 0 heterocycles. The molecule has 0 aliphatic rings. The first kappa shape index (κ1) is 55.8. The summed E-state index contributed by atoms with van der Waals surface area (Å²) >= 11 is 0. The Hall–Kier alpha value is -2.97. The molecule has 52 heavy (non-hydrogen) atoms. The third kappa shape index (κ3) is 35.4. The average molecular weight is 855 g/mol. The van der Waals surface area contributed by atoms with Crippen molar-refractivity contribution in [1.29, 1.82) is 0 Å². The summed E-state index contributed by atoms with van der Waals surface area (Å²) in [6, 6.07) is 11.4. The highest BCUT2D eigenvalue weighted by molar-refractivity contribution is 7.89. The van der Waals surface area contributed by atoms with Gasteiger partial charge in [-0.2, -0.15) is 34.7 Å². The van der Waals surface area contributed by atoms with E-state index in [0.29, 0.717) is 13.1 Å². The van der Waals surface area contributed by atoms with Crippen LogP contribution in [-0.2, 0) is 51.2 Å². The van der Waals surface area contributed by atoms with E-state index in [1.807, 2.05) is 87.7 Å². The molecule has 0 radical (unpaired) electrons. The zero-order valence-corrected chi connectivity index (χ0v) is 33.5. The van der Waals surface area contributed by atoms with Gasteiger partial charge in [-0.05, 0) is 89.1 Å². The molecule has 0 saturated carbocycles. The summed E-state index contributed by atoms with van der Waals surface area (Å²) in [7, 11) is -20.4. The van der Waals surface area contributed by atoms with E-state index in [-0.39, 0.29) is 17.8 Å². The molecule has 0 amide bonds. The van der Waals surface area contributed by atoms with Crippen molar-refractivity contribution >= 4 is 74.0 Å². The summed E-state index contributed by atoms with van der Waals surface area (Å²) in [5.41, 5.74) is 16.9. The van der Waals surface area contributed by atoms with E-state index >= 15 is 0 Å². The molecule has 14 N–H and O–H groups in total. The van der Waals surface area contributed by atoms with Crippen LogP contribution in [0.5, 0.6) is 0 Å². The summed E-state index contributed by atoms with van der Waals surface area (Å²) in [4.78, 5) is 3.93. The van der Waals surface area contributed by atoms with Crippen LogP contribution in [0.4, 0.5) is 22.7 Å². The predicted octanol–water partition coefficient (Wildman–Crippen LogP) is -0.186. The first-order valence-electron chi connectivity index (χ1n) is 13.8. The van der Waals surface area contributed by atoms with Gasteiger partial charge in [0.1, 0.15) is 0 Å². The monoisotopic (exact) mass is 854 g/mol. The highest BCUT2D eigenvalue weighted by atomic mass is 32.3. The van der Waals surface area contributed by atoms with Gasteiger partial charge in [0.2, 0.25) is 20.0 Å². The average Bonchev–Trinajstić information content (AvgIpc) is 2.84. The lowest BCUT2D eigenvalue weighted by Gasteiger charge is -2.30. The second-order valence-electron chi connectivity index (χ2n) is 10.1. The van der Waals surface area contributed by atoms with Crippen molar-refractivity contribution in [3.05, 3.63) is 47.5 Å². The van der Waals surface area contributed by atoms with Gasteiger partial charge in [-0.15, -0.1) is 0 Å². The van der Waals surface area contributed by atoms with E-state index in [1.165, 1.54) is 0 Å². The summed E-state index contributed by atoms with van der Waals surface area (Å²) in [6.45, 7) is 12.9. The topological polar surface area (TPSA) is 406 Å². The molecule has 0 fully saturated rings. The number of nitrogens with one attached hydrogen (secondary N) is 2. The smallest absolute Gasteiger partial charge is 0.394 e. The molecule has 2 aromatic rings. The van der Waals surface area contributed by atoms with Crippen molar-refractivity contribution < 1.29 is 74.9 Å². The van der Waals surface area contributed by atoms with E-state index in [1.54, 1.807) is 0 Å². The molecule has 0 aliphatic heterocycles. The Balaban J connectivity index is -0.000000315. The minimum atomic E-state index is -4.67. The van der Waals surface area contributed by atoms with Crippen molar-refractivity contribution in [2.75, 3.05) is 46.9 Å². The fourth-order valence-corrected chi connectivity index (χ4v) is 5.28. The molecule has 2 aromatic carbocycles. The summed E-state index contributed by atoms with van der Waals surface area (Å²) < 4.78 is 145. The SMILES string of the molecule is CCN(c1ccc(N)c(C)c1)C(C)NS(C)(=O)=O.CCN(c1ccc(N)c(C)c1)C(C)NS(C)(=O)=O.O.O=S(=O)(O)O.O=S(=O)(O)O.O=S(=O)(O)O. The van der Waals surface area contributed by atoms with Crippen LogP contribution in [0.3, 0.4) is 0 Å². The zero-order chi connectivity index (χ0) is 41.3. The first-order chi connectivity index (χ1) is 22.5. The summed E-state index contributed by atoms with van der Waals surface area (Å²) in [5.74, 6) is 0. The van der Waals surface area contributed by atoms with Gasteiger partial charge in [0.15, 0.2) is 0 Å². The molecule has 2 atom stereocenters. The number of hydrogen-bond donors (Lipinski definition) is 10. The molecule has 0 aromatic heterocycles. The highest BCUT2D eigenvalue weighted by Gasteiger charge is 2.18. The van der Waals surface area contributed by atoms with Gasteiger partial charge >= 0.3 is 31.2 Å². The number of nitrogens with zero attached hydrogens (tertiary/aromatic N) is 2. The largest absolute Gasteiger partial charge is 0.412 e. The molecular weight excluding hydrogens is 805 g/mol. The molecule has 0 saturated heterocycles. The van der Waals surface area contributed by atoms with Crippen LogP contribution in [0, 0.1) is 13.8 Å². The second-order valence-corrected chi connectivity index (χ2v) is 16.4. The number of rotatable bonds is 10. The van der Waals surface area contributed by atoms with E-state index in [0.717, 1.165) is 46.4 Å². The van der Waals surface area contributed by atoms with Crippen molar-refractivity contribution in [3.8, 4) is 0 Å². The van der Waals surface area contributed by atoms with Crippen LogP contribution in [-0.4, -0.2) is 113 Å². The molecule has 2 unspecified atom stereocenters. The second kappa shape index (κ2) is 23.6. The lowest BCUT2D eigenvalue weighted by Crippen LogP contribution is -2.46. The maximum absolute atomic E-state index is 11.3. The van der Waals surface area contributed by atoms with Gasteiger partial charge in [0, 0.05) is 35.8 Å². The number of nitrogens with two attached hydrogens (primary N) is 2. The maximum atomic E-state index is 11.3. The van der Waals surface area contributed by atoms with E-state index in [2.05, 4.69) is 9.44 Å². The quantitative estimate of drug-likeness (QED) is 0.0841. The van der Waals surface area contributed by atoms with Crippen molar-refractivity contribution in [1.82, 2.24) is 9.44 Å². The minimum absolute atomic E-state index is 0. The summed E-state index contributed by atoms with van der Waals surface area (Å²) in [6.07, 6.45) is 1.72. The molecule has 23 nitrogen and oxygen atoms in total. The van der Waals surface area contributed by atoms with Crippen molar-refractivity contribution in [2.24, 2.45) is 0 Å². The van der Waals surface area contributed by atoms with Gasteiger partial charge in [-0.3, -0.25) is 27.3 Å². The lowest BCUT2D eigenvalue weighted by molar-refractivity contribution is 0.378. The lowest BCUT2D eigenvalue weighted by atomic mass is 10.1. The third-order valence-electron chi connectivity index (χ3n) is 5.56. The Labute approximate surface area is 305 Å². The molecule has 0 bridgehead atoms. The summed E-state index contributed by atoms with van der Waals surface area (Å²) in [5, 5.41) is 0. The number of benzene rings is 2. The fraction of sp³-hybridized carbons (Fsp3) is 0.500. The van der Waals surface area contributed by atoms with Crippen LogP contribution in [0.25, 0.3) is 0 Å². The van der Waals surface area contributed by atoms with Gasteiger partial charge in [-0.25, -0.2) is 16.8 Å². The fourth-order valence-electron chi connectivity index (χ4n) is 3.78. The van der Waals surface area contributed by atoms with Crippen LogP contribution < -0.4 is 30.7 Å². The van der Waals surface area contributed by atoms with Gasteiger partial charge < -0.3 is 26.7 Å². The molecule has 0 spiro atoms. The number of hydrogen-bond acceptors (Lipinski definition) is 14. The van der Waals surface area contributed by atoms with E-state index in [4.69, 9.17) is 64.0 Å². The molecule has 28 heteroatoms. The van der Waals surface area contributed by atoms with Crippen LogP contribution >= 0.6 is 0 Å². The first-order valence-corrected chi connectivity index (χ1v) is 21.8. The predicted molar refractivity (Wildman–Crippen MR) is 198 cm³/mol. The Morgan fingerprint density at radius 1 is 0.577 bits per heavy atom. The molecular formula is C24H50N6O17S5. The van der Waals surface area contributed by atoms with Crippen molar-refractivity contribution in [2.45, 2.75) is 53.9 Å². The minimum Gasteiger partial charge on any atom is -0.412 e. The Bertz CT molecular complexity index is 1740. The number of nitrogen functional groups attached to an aromatic ring is 2. The third-order valence-corrected chi connectivity index (χ3v) is 7.09. The van der Waals surface area contributed by atoms with Crippen molar-refractivity contribution in [3.63, 3.8) is 0 Å². The normalized spacial score (nSPS) is 12.6. The van der Waals surface area contributed by atoms with Gasteiger partial charge in [0.05, 0.1) is 24.8 Å². The number of anilines is 4. The molecule has 0 aliphatic carbocycles. The number of aryl methyl sites for hydroxylation is 2. The zero-order valence-electron chi connectivity index (χ0n) is 29.4. The van der Waals surface area contributed by atoms with E-state index in [9.17, 15) is 16.8 Å². The van der Waals surface area contributed by atoms with Crippen LogP contribution in [0.1, 0.15) is 38.8 Å².